The Kier molecular flexibility index (Phi) is 8.15. The third kappa shape index (κ3) is 7.22. The van der Waals surface area contributed by atoms with Gasteiger partial charge in [0, 0.05) is 24.6 Å². The second-order valence-electron chi connectivity index (χ2n) is 6.85. The Morgan fingerprint density at radius 1 is 1.06 bits per heavy atom. The van der Waals surface area contributed by atoms with Crippen molar-refractivity contribution in [3.63, 3.8) is 0 Å². The number of benzene rings is 2. The first-order chi connectivity index (χ1) is 16.1. The van der Waals surface area contributed by atoms with Gasteiger partial charge in [-0.25, -0.2) is 0 Å². The molecule has 0 atom stereocenters. The summed E-state index contributed by atoms with van der Waals surface area (Å²) in [6.45, 7) is 0.110. The predicted molar refractivity (Wildman–Crippen MR) is 123 cm³/mol. The van der Waals surface area contributed by atoms with Gasteiger partial charge < -0.3 is 20.1 Å². The van der Waals surface area contributed by atoms with E-state index in [1.807, 2.05) is 12.1 Å². The molecule has 2 N–H and O–H groups in total. The molecule has 166 valence electrons. The Bertz CT molecular complexity index is 1150. The van der Waals surface area contributed by atoms with Crippen LogP contribution in [0.25, 0.3) is 6.08 Å². The van der Waals surface area contributed by atoms with Gasteiger partial charge in [-0.15, -0.1) is 0 Å². The summed E-state index contributed by atoms with van der Waals surface area (Å²) in [5.41, 5.74) is 2.10. The number of carbonyl (C=O) groups excluding carboxylic acids is 2. The van der Waals surface area contributed by atoms with Gasteiger partial charge in [-0.05, 0) is 59.7 Å². The highest BCUT2D eigenvalue weighted by Crippen LogP contribution is 2.16. The third-order valence-electron chi connectivity index (χ3n) is 4.48. The smallest absolute Gasteiger partial charge is 0.262 e. The van der Waals surface area contributed by atoms with E-state index in [0.29, 0.717) is 22.7 Å². The minimum absolute atomic E-state index is 0.0218. The van der Waals surface area contributed by atoms with Gasteiger partial charge in [0.05, 0.1) is 7.11 Å². The zero-order valence-corrected chi connectivity index (χ0v) is 17.9. The van der Waals surface area contributed by atoms with Crippen LogP contribution < -0.4 is 20.1 Å². The highest BCUT2D eigenvalue weighted by molar-refractivity contribution is 6.01. The maximum atomic E-state index is 12.3. The summed E-state index contributed by atoms with van der Waals surface area (Å²) in [6, 6.07) is 19.2. The minimum atomic E-state index is -0.475. The number of anilines is 1. The first kappa shape index (κ1) is 23.0. The van der Waals surface area contributed by atoms with Crippen LogP contribution in [0.3, 0.4) is 0 Å². The fourth-order valence-electron chi connectivity index (χ4n) is 2.78. The second kappa shape index (κ2) is 11.7. The number of amides is 2. The van der Waals surface area contributed by atoms with Crippen molar-refractivity contribution in [3.05, 3.63) is 89.8 Å². The first-order valence-electron chi connectivity index (χ1n) is 10.0. The fourth-order valence-corrected chi connectivity index (χ4v) is 2.78. The molecule has 3 aromatic rings. The number of rotatable bonds is 9. The van der Waals surface area contributed by atoms with Crippen LogP contribution in [0.1, 0.15) is 11.1 Å². The van der Waals surface area contributed by atoms with Crippen molar-refractivity contribution < 1.29 is 19.1 Å². The SMILES string of the molecule is COc1ccc(NC(=O)COc2ccc(/C=C(\C#N)C(=O)NCc3cccnc3)cc2)cc1. The van der Waals surface area contributed by atoms with Crippen molar-refractivity contribution in [2.45, 2.75) is 6.54 Å². The first-order valence-corrected chi connectivity index (χ1v) is 10.0. The van der Waals surface area contributed by atoms with Crippen LogP contribution in [-0.4, -0.2) is 30.5 Å². The molecule has 0 fully saturated rings. The summed E-state index contributed by atoms with van der Waals surface area (Å²) in [5, 5.41) is 14.8. The lowest BCUT2D eigenvalue weighted by Gasteiger charge is -2.08. The molecule has 2 aromatic carbocycles. The van der Waals surface area contributed by atoms with Gasteiger partial charge in [0.1, 0.15) is 23.1 Å². The number of hydrogen-bond acceptors (Lipinski definition) is 6. The Balaban J connectivity index is 1.51. The van der Waals surface area contributed by atoms with Crippen molar-refractivity contribution >= 4 is 23.6 Å². The summed E-state index contributed by atoms with van der Waals surface area (Å²) in [4.78, 5) is 28.3. The molecule has 8 heteroatoms. The molecule has 0 radical (unpaired) electrons. The number of pyridine rings is 1. The van der Waals surface area contributed by atoms with Crippen LogP contribution >= 0.6 is 0 Å². The normalized spacial score (nSPS) is 10.6. The van der Waals surface area contributed by atoms with Crippen LogP contribution in [0.2, 0.25) is 0 Å². The topological polar surface area (TPSA) is 113 Å². The molecule has 0 saturated heterocycles. The van der Waals surface area contributed by atoms with E-state index in [1.165, 1.54) is 6.08 Å². The molecule has 1 heterocycles. The Morgan fingerprint density at radius 2 is 1.79 bits per heavy atom. The van der Waals surface area contributed by atoms with Gasteiger partial charge in [0.15, 0.2) is 6.61 Å². The molecule has 0 aliphatic carbocycles. The molecule has 1 aromatic heterocycles. The molecule has 0 unspecified atom stereocenters. The van der Waals surface area contributed by atoms with Gasteiger partial charge in [0.2, 0.25) is 0 Å². The van der Waals surface area contributed by atoms with Crippen molar-refractivity contribution in [1.82, 2.24) is 10.3 Å². The predicted octanol–water partition coefficient (Wildman–Crippen LogP) is 3.33. The average molecular weight is 442 g/mol. The Labute approximate surface area is 191 Å². The molecule has 8 nitrogen and oxygen atoms in total. The number of nitrogens with zero attached hydrogens (tertiary/aromatic N) is 2. The van der Waals surface area contributed by atoms with Crippen molar-refractivity contribution in [3.8, 4) is 17.6 Å². The van der Waals surface area contributed by atoms with Gasteiger partial charge in [-0.3, -0.25) is 14.6 Å². The highest BCUT2D eigenvalue weighted by Gasteiger charge is 2.09. The van der Waals surface area contributed by atoms with Crippen LogP contribution in [-0.2, 0) is 16.1 Å². The molecular formula is C25H22N4O4. The Morgan fingerprint density at radius 3 is 2.42 bits per heavy atom. The van der Waals surface area contributed by atoms with E-state index >= 15 is 0 Å². The fraction of sp³-hybridized carbons (Fsp3) is 0.120. The number of carbonyl (C=O) groups is 2. The van der Waals surface area contributed by atoms with E-state index in [9.17, 15) is 14.9 Å². The second-order valence-corrected chi connectivity index (χ2v) is 6.85. The van der Waals surface area contributed by atoms with Gasteiger partial charge in [0.25, 0.3) is 11.8 Å². The van der Waals surface area contributed by atoms with E-state index < -0.39 is 5.91 Å². The van der Waals surface area contributed by atoms with E-state index in [1.54, 1.807) is 74.1 Å². The van der Waals surface area contributed by atoms with E-state index in [-0.39, 0.29) is 24.6 Å². The van der Waals surface area contributed by atoms with Gasteiger partial charge in [-0.1, -0.05) is 18.2 Å². The molecule has 3 rings (SSSR count). The number of nitrogens with one attached hydrogen (secondary N) is 2. The van der Waals surface area contributed by atoms with E-state index in [2.05, 4.69) is 15.6 Å². The van der Waals surface area contributed by atoms with Crippen LogP contribution in [0.4, 0.5) is 5.69 Å². The van der Waals surface area contributed by atoms with E-state index in [4.69, 9.17) is 9.47 Å². The summed E-state index contributed by atoms with van der Waals surface area (Å²) < 4.78 is 10.6. The summed E-state index contributed by atoms with van der Waals surface area (Å²) in [7, 11) is 1.57. The van der Waals surface area contributed by atoms with Crippen molar-refractivity contribution in [2.24, 2.45) is 0 Å². The average Bonchev–Trinajstić information content (AvgIpc) is 2.86. The number of methoxy groups -OCH3 is 1. The third-order valence-corrected chi connectivity index (χ3v) is 4.48. The quantitative estimate of drug-likeness (QED) is 0.388. The molecular weight excluding hydrogens is 420 g/mol. The van der Waals surface area contributed by atoms with Gasteiger partial charge in [-0.2, -0.15) is 5.26 Å². The molecule has 0 bridgehead atoms. The standard InChI is InChI=1S/C25H22N4O4/c1-32-22-10-6-21(7-11-22)29-24(30)17-33-23-8-4-18(5-9-23)13-20(14-26)25(31)28-16-19-3-2-12-27-15-19/h2-13,15H,16-17H2,1H3,(H,28,31)(H,29,30)/b20-13+. The maximum absolute atomic E-state index is 12.3. The molecule has 0 aliphatic heterocycles. The number of nitriles is 1. The summed E-state index contributed by atoms with van der Waals surface area (Å²) in [6.07, 6.45) is 4.78. The lowest BCUT2D eigenvalue weighted by Crippen LogP contribution is -2.24. The molecule has 33 heavy (non-hydrogen) atoms. The van der Waals surface area contributed by atoms with Crippen molar-refractivity contribution in [1.29, 1.82) is 5.26 Å². The minimum Gasteiger partial charge on any atom is -0.497 e. The largest absolute Gasteiger partial charge is 0.497 e. The van der Waals surface area contributed by atoms with Crippen molar-refractivity contribution in [2.75, 3.05) is 19.0 Å². The zero-order chi connectivity index (χ0) is 23.5. The Hall–Kier alpha value is -4.64. The highest BCUT2D eigenvalue weighted by atomic mass is 16.5. The lowest BCUT2D eigenvalue weighted by atomic mass is 10.1. The lowest BCUT2D eigenvalue weighted by molar-refractivity contribution is -0.118. The van der Waals surface area contributed by atoms with Gasteiger partial charge >= 0.3 is 0 Å². The summed E-state index contributed by atoms with van der Waals surface area (Å²) >= 11 is 0. The number of ether oxygens (including phenoxy) is 2. The van der Waals surface area contributed by atoms with Crippen LogP contribution in [0, 0.1) is 11.3 Å². The molecule has 0 saturated carbocycles. The van der Waals surface area contributed by atoms with Crippen LogP contribution in [0.5, 0.6) is 11.5 Å². The monoisotopic (exact) mass is 442 g/mol. The van der Waals surface area contributed by atoms with Crippen LogP contribution in [0.15, 0.2) is 78.6 Å². The molecule has 2 amide bonds. The number of hydrogen-bond donors (Lipinski definition) is 2. The number of aromatic nitrogens is 1. The summed E-state index contributed by atoms with van der Waals surface area (Å²) in [5.74, 6) is 0.401. The van der Waals surface area contributed by atoms with E-state index in [0.717, 1.165) is 5.56 Å². The zero-order valence-electron chi connectivity index (χ0n) is 17.9. The maximum Gasteiger partial charge on any atom is 0.262 e. The molecule has 0 aliphatic rings. The molecule has 0 spiro atoms.